The molecular weight excluding hydrogens is 296 g/mol. The van der Waals surface area contributed by atoms with E-state index in [-0.39, 0.29) is 11.7 Å². The number of nitrogens with zero attached hydrogens (tertiary/aromatic N) is 2. The molecule has 0 spiro atoms. The number of nitrogens with one attached hydrogen (secondary N) is 2. The summed E-state index contributed by atoms with van der Waals surface area (Å²) in [7, 11) is 0. The third-order valence-corrected chi connectivity index (χ3v) is 3.54. The van der Waals surface area contributed by atoms with Gasteiger partial charge in [-0.2, -0.15) is 0 Å². The maximum atomic E-state index is 12.1. The van der Waals surface area contributed by atoms with Gasteiger partial charge in [0.15, 0.2) is 0 Å². The van der Waals surface area contributed by atoms with Crippen LogP contribution in [0.1, 0.15) is 29.7 Å². The number of hydrogen-bond donors (Lipinski definition) is 2. The number of hydrogen-bond acceptors (Lipinski definition) is 4. The molecule has 0 fully saturated rings. The van der Waals surface area contributed by atoms with Gasteiger partial charge in [-0.25, -0.2) is 4.79 Å². The maximum absolute atomic E-state index is 12.1. The summed E-state index contributed by atoms with van der Waals surface area (Å²) in [5.74, 6) is 0. The molecule has 0 saturated carbocycles. The molecule has 0 radical (unpaired) electrons. The number of nitro benzene ring substituents is 1. The highest BCUT2D eigenvalue weighted by molar-refractivity contribution is 5.91. The SMILES string of the molecule is Cc1cc(C)c([N+](=O)[O-])cc1NC(=O)N[C@@H](C)c1ccncc1. The Morgan fingerprint density at radius 1 is 1.22 bits per heavy atom. The highest BCUT2D eigenvalue weighted by Gasteiger charge is 2.16. The molecule has 1 aromatic carbocycles. The third kappa shape index (κ3) is 4.03. The Morgan fingerprint density at radius 3 is 2.48 bits per heavy atom. The number of pyridine rings is 1. The van der Waals surface area contributed by atoms with E-state index in [0.717, 1.165) is 11.1 Å². The molecule has 0 unspecified atom stereocenters. The summed E-state index contributed by atoms with van der Waals surface area (Å²) < 4.78 is 0. The van der Waals surface area contributed by atoms with Crippen molar-refractivity contribution in [1.82, 2.24) is 10.3 Å². The average Bonchev–Trinajstić information content (AvgIpc) is 2.50. The topological polar surface area (TPSA) is 97.2 Å². The second kappa shape index (κ2) is 6.87. The lowest BCUT2D eigenvalue weighted by Crippen LogP contribution is -2.31. The van der Waals surface area contributed by atoms with Crippen LogP contribution in [0.5, 0.6) is 0 Å². The second-order valence-electron chi connectivity index (χ2n) is 5.31. The van der Waals surface area contributed by atoms with Crippen LogP contribution in [0, 0.1) is 24.0 Å². The van der Waals surface area contributed by atoms with Crippen LogP contribution in [-0.2, 0) is 0 Å². The van der Waals surface area contributed by atoms with E-state index in [0.29, 0.717) is 11.3 Å². The molecule has 7 nitrogen and oxygen atoms in total. The van der Waals surface area contributed by atoms with E-state index >= 15 is 0 Å². The average molecular weight is 314 g/mol. The number of carbonyl (C=O) groups is 1. The number of benzene rings is 1. The first-order valence-electron chi connectivity index (χ1n) is 7.11. The van der Waals surface area contributed by atoms with Crippen LogP contribution in [0.2, 0.25) is 0 Å². The Bertz CT molecular complexity index is 732. The second-order valence-corrected chi connectivity index (χ2v) is 5.31. The zero-order valence-electron chi connectivity index (χ0n) is 13.2. The van der Waals surface area contributed by atoms with E-state index in [1.807, 2.05) is 19.1 Å². The molecular formula is C16H18N4O3. The quantitative estimate of drug-likeness (QED) is 0.666. The number of aryl methyl sites for hydroxylation is 2. The zero-order chi connectivity index (χ0) is 17.0. The van der Waals surface area contributed by atoms with Crippen LogP contribution in [0.25, 0.3) is 0 Å². The number of urea groups is 1. The highest BCUT2D eigenvalue weighted by atomic mass is 16.6. The molecule has 2 amide bonds. The zero-order valence-corrected chi connectivity index (χ0v) is 13.2. The Hall–Kier alpha value is -2.96. The summed E-state index contributed by atoms with van der Waals surface area (Å²) in [6.07, 6.45) is 3.30. The molecule has 0 aliphatic heterocycles. The summed E-state index contributed by atoms with van der Waals surface area (Å²) in [5.41, 5.74) is 2.64. The van der Waals surface area contributed by atoms with Crippen LogP contribution in [0.15, 0.2) is 36.7 Å². The van der Waals surface area contributed by atoms with Gasteiger partial charge >= 0.3 is 6.03 Å². The van der Waals surface area contributed by atoms with Crippen molar-refractivity contribution in [2.75, 3.05) is 5.32 Å². The molecule has 0 aliphatic carbocycles. The van der Waals surface area contributed by atoms with Crippen LogP contribution in [0.4, 0.5) is 16.2 Å². The predicted octanol–water partition coefficient (Wildman–Crippen LogP) is 3.49. The Morgan fingerprint density at radius 2 is 1.87 bits per heavy atom. The lowest BCUT2D eigenvalue weighted by atomic mass is 10.1. The fourth-order valence-corrected chi connectivity index (χ4v) is 2.26. The fraction of sp³-hybridized carbons (Fsp3) is 0.250. The van der Waals surface area contributed by atoms with Crippen molar-refractivity contribution >= 4 is 17.4 Å². The van der Waals surface area contributed by atoms with Crippen molar-refractivity contribution in [2.45, 2.75) is 26.8 Å². The summed E-state index contributed by atoms with van der Waals surface area (Å²) in [4.78, 5) is 26.6. The highest BCUT2D eigenvalue weighted by Crippen LogP contribution is 2.26. The first-order chi connectivity index (χ1) is 10.9. The van der Waals surface area contributed by atoms with E-state index < -0.39 is 11.0 Å². The normalized spacial score (nSPS) is 11.6. The molecule has 0 saturated heterocycles. The van der Waals surface area contributed by atoms with Gasteiger partial charge in [-0.3, -0.25) is 15.1 Å². The number of amides is 2. The molecule has 1 heterocycles. The van der Waals surface area contributed by atoms with Crippen LogP contribution >= 0.6 is 0 Å². The van der Waals surface area contributed by atoms with Gasteiger partial charge in [0, 0.05) is 24.0 Å². The van der Waals surface area contributed by atoms with E-state index in [2.05, 4.69) is 15.6 Å². The Kier molecular flexibility index (Phi) is 4.90. The van der Waals surface area contributed by atoms with Gasteiger partial charge in [0.05, 0.1) is 16.7 Å². The third-order valence-electron chi connectivity index (χ3n) is 3.54. The predicted molar refractivity (Wildman–Crippen MR) is 87.4 cm³/mol. The monoisotopic (exact) mass is 314 g/mol. The lowest BCUT2D eigenvalue weighted by molar-refractivity contribution is -0.385. The first-order valence-corrected chi connectivity index (χ1v) is 7.11. The van der Waals surface area contributed by atoms with Crippen molar-refractivity contribution in [3.63, 3.8) is 0 Å². The van der Waals surface area contributed by atoms with Crippen LogP contribution < -0.4 is 10.6 Å². The number of anilines is 1. The smallest absolute Gasteiger partial charge is 0.319 e. The summed E-state index contributed by atoms with van der Waals surface area (Å²) in [6.45, 7) is 5.30. The van der Waals surface area contributed by atoms with E-state index in [1.165, 1.54) is 6.07 Å². The van der Waals surface area contributed by atoms with Crippen LogP contribution in [-0.4, -0.2) is 15.9 Å². The van der Waals surface area contributed by atoms with Gasteiger partial charge in [0.1, 0.15) is 0 Å². The minimum absolute atomic E-state index is 0.0203. The van der Waals surface area contributed by atoms with Gasteiger partial charge in [-0.1, -0.05) is 0 Å². The van der Waals surface area contributed by atoms with E-state index in [1.54, 1.807) is 32.3 Å². The molecule has 2 aromatic rings. The van der Waals surface area contributed by atoms with Gasteiger partial charge in [0.25, 0.3) is 5.69 Å². The van der Waals surface area contributed by atoms with Crippen molar-refractivity contribution in [2.24, 2.45) is 0 Å². The van der Waals surface area contributed by atoms with Crippen molar-refractivity contribution < 1.29 is 9.72 Å². The molecule has 120 valence electrons. The molecule has 0 aliphatic rings. The largest absolute Gasteiger partial charge is 0.331 e. The lowest BCUT2D eigenvalue weighted by Gasteiger charge is -2.16. The van der Waals surface area contributed by atoms with Crippen molar-refractivity contribution in [3.8, 4) is 0 Å². The van der Waals surface area contributed by atoms with E-state index in [4.69, 9.17) is 0 Å². The standard InChI is InChI=1S/C16H18N4O3/c1-10-8-11(2)15(20(22)23)9-14(10)19-16(21)18-12(3)13-4-6-17-7-5-13/h4-9,12H,1-3H3,(H2,18,19,21)/t12-/m0/s1. The number of aromatic nitrogens is 1. The van der Waals surface area contributed by atoms with Crippen LogP contribution in [0.3, 0.4) is 0 Å². The minimum atomic E-state index is -0.461. The minimum Gasteiger partial charge on any atom is -0.331 e. The maximum Gasteiger partial charge on any atom is 0.319 e. The summed E-state index contributed by atoms with van der Waals surface area (Å²) in [6, 6.07) is 6.05. The van der Waals surface area contributed by atoms with Gasteiger partial charge in [-0.15, -0.1) is 0 Å². The Balaban J connectivity index is 2.11. The van der Waals surface area contributed by atoms with E-state index in [9.17, 15) is 14.9 Å². The molecule has 1 aromatic heterocycles. The number of nitro groups is 1. The van der Waals surface area contributed by atoms with Crippen molar-refractivity contribution in [1.29, 1.82) is 0 Å². The summed E-state index contributed by atoms with van der Waals surface area (Å²) in [5, 5.41) is 16.5. The fourth-order valence-electron chi connectivity index (χ4n) is 2.26. The number of carbonyl (C=O) groups excluding carboxylic acids is 1. The van der Waals surface area contributed by atoms with Gasteiger partial charge < -0.3 is 10.6 Å². The van der Waals surface area contributed by atoms with Crippen molar-refractivity contribution in [3.05, 3.63) is 63.5 Å². The molecule has 2 N–H and O–H groups in total. The van der Waals surface area contributed by atoms with Gasteiger partial charge in [-0.05, 0) is 50.1 Å². The molecule has 1 atom stereocenters. The molecule has 2 rings (SSSR count). The first kappa shape index (κ1) is 16.4. The summed E-state index contributed by atoms with van der Waals surface area (Å²) >= 11 is 0. The molecule has 7 heteroatoms. The van der Waals surface area contributed by atoms with Gasteiger partial charge in [0.2, 0.25) is 0 Å². The molecule has 23 heavy (non-hydrogen) atoms. The number of rotatable bonds is 4. The molecule has 0 bridgehead atoms. The Labute approximate surface area is 133 Å².